The Morgan fingerprint density at radius 3 is 1.92 bits per heavy atom. The predicted octanol–water partition coefficient (Wildman–Crippen LogP) is 4.72. The number of aromatic nitrogens is 4. The predicted molar refractivity (Wildman–Crippen MR) is 173 cm³/mol. The number of benzene rings is 1. The molecule has 2 aromatic heterocycles. The van der Waals surface area contributed by atoms with Crippen LogP contribution in [0.4, 0.5) is 15.5 Å². The molecule has 0 spiro atoms. The standard InChI is InChI=1S/C29H42N5O13PS/c1-27(2,3)14-41-25(35)43-17-46-29(48(37,38)39,47-18-44-26(36)42-15-28(4,5)6)45-13-12-34-16-31-21-22(34)32-24(30)33-23(21)49-20-10-8-19(40-7)9-11-20/h8-11,16H,12-15,17-18H2,1-7H3,(H2,30,32,33)(H2,37,38,39). The molecule has 18 nitrogen and oxygen atoms in total. The fourth-order valence-corrected chi connectivity index (χ4v) is 5.09. The zero-order chi connectivity index (χ0) is 36.5. The van der Waals surface area contributed by atoms with Crippen molar-refractivity contribution in [1.82, 2.24) is 19.5 Å². The summed E-state index contributed by atoms with van der Waals surface area (Å²) >= 11 is 1.29. The summed E-state index contributed by atoms with van der Waals surface area (Å²) in [6.45, 7) is 8.09. The lowest BCUT2D eigenvalue weighted by molar-refractivity contribution is -0.365. The molecule has 3 aromatic rings. The zero-order valence-electron chi connectivity index (χ0n) is 28.2. The largest absolute Gasteiger partial charge is 0.510 e. The molecule has 4 N–H and O–H groups in total. The van der Waals surface area contributed by atoms with Gasteiger partial charge in [-0.2, -0.15) is 4.98 Å². The molecule has 2 heterocycles. The van der Waals surface area contributed by atoms with Gasteiger partial charge in [0.2, 0.25) is 19.5 Å². The average Bonchev–Trinajstić information content (AvgIpc) is 3.40. The van der Waals surface area contributed by atoms with Crippen molar-refractivity contribution in [3.8, 4) is 5.75 Å². The quantitative estimate of drug-likeness (QED) is 0.0782. The van der Waals surface area contributed by atoms with Crippen LogP contribution < -0.4 is 10.5 Å². The van der Waals surface area contributed by atoms with E-state index in [4.69, 9.17) is 43.6 Å². The van der Waals surface area contributed by atoms with Gasteiger partial charge in [-0.05, 0) is 35.1 Å². The number of methoxy groups -OCH3 is 1. The molecule has 49 heavy (non-hydrogen) atoms. The third-order valence-corrected chi connectivity index (χ3v) is 7.87. The Labute approximate surface area is 287 Å². The SMILES string of the molecule is COc1ccc(Sc2nc(N)nc3c2ncn3CCOC(OCOC(=O)OCC(C)(C)C)(OCOC(=O)OCC(C)(C)C)P(=O)(O)O)cc1. The smallest absolute Gasteiger partial charge is 0.497 e. The summed E-state index contributed by atoms with van der Waals surface area (Å²) in [4.78, 5) is 58.4. The molecule has 20 heteroatoms. The summed E-state index contributed by atoms with van der Waals surface area (Å²) in [6, 6.07) is 7.25. The molecular weight excluding hydrogens is 689 g/mol. The van der Waals surface area contributed by atoms with E-state index in [9.17, 15) is 23.9 Å². The molecule has 0 aliphatic heterocycles. The van der Waals surface area contributed by atoms with Gasteiger partial charge in [-0.1, -0.05) is 53.3 Å². The molecule has 272 valence electrons. The highest BCUT2D eigenvalue weighted by molar-refractivity contribution is 7.99. The number of anilines is 1. The number of hydrogen-bond donors (Lipinski definition) is 3. The Balaban J connectivity index is 1.77. The molecular formula is C29H42N5O13PS. The number of hydrogen-bond acceptors (Lipinski definition) is 16. The molecule has 0 aliphatic carbocycles. The minimum atomic E-state index is -5.54. The number of nitrogens with two attached hydrogens (primary N) is 1. The molecule has 0 aliphatic rings. The highest BCUT2D eigenvalue weighted by Crippen LogP contribution is 2.53. The number of carbonyl (C=O) groups excluding carboxylic acids is 2. The van der Waals surface area contributed by atoms with Crippen LogP contribution in [0.5, 0.6) is 5.75 Å². The van der Waals surface area contributed by atoms with Crippen LogP contribution in [0, 0.1) is 10.8 Å². The maximum atomic E-state index is 12.7. The lowest BCUT2D eigenvalue weighted by Gasteiger charge is -2.32. The molecule has 0 amide bonds. The Kier molecular flexibility index (Phi) is 13.6. The first-order valence-electron chi connectivity index (χ1n) is 14.7. The van der Waals surface area contributed by atoms with E-state index in [0.717, 1.165) is 4.90 Å². The zero-order valence-corrected chi connectivity index (χ0v) is 29.9. The van der Waals surface area contributed by atoms with Gasteiger partial charge in [-0.15, -0.1) is 0 Å². The van der Waals surface area contributed by atoms with Crippen molar-refractivity contribution in [2.45, 2.75) is 63.7 Å². The number of imidazole rings is 1. The van der Waals surface area contributed by atoms with Gasteiger partial charge >= 0.3 is 25.6 Å². The van der Waals surface area contributed by atoms with E-state index >= 15 is 0 Å². The fourth-order valence-electron chi connectivity index (χ4n) is 3.51. The maximum Gasteiger partial charge on any atom is 0.510 e. The summed E-state index contributed by atoms with van der Waals surface area (Å²) in [5, 5.41) is 0.453. The minimum absolute atomic E-state index is 0.0137. The summed E-state index contributed by atoms with van der Waals surface area (Å²) in [5.41, 5.74) is 2.70. The van der Waals surface area contributed by atoms with Crippen LogP contribution in [0.3, 0.4) is 0 Å². The highest BCUT2D eigenvalue weighted by atomic mass is 32.2. The van der Waals surface area contributed by atoms with E-state index < -0.39 is 45.8 Å². The number of rotatable bonds is 16. The Hall–Kier alpha value is -3.71. The van der Waals surface area contributed by atoms with Crippen molar-refractivity contribution in [3.63, 3.8) is 0 Å². The molecule has 0 bridgehead atoms. The van der Waals surface area contributed by atoms with E-state index in [-0.39, 0.29) is 36.5 Å². The number of ether oxygens (including phenoxy) is 8. The van der Waals surface area contributed by atoms with Crippen LogP contribution in [0.2, 0.25) is 0 Å². The third kappa shape index (κ3) is 12.6. The Bertz CT molecular complexity index is 1570. The van der Waals surface area contributed by atoms with Gasteiger partial charge in [0.15, 0.2) is 5.65 Å². The Morgan fingerprint density at radius 1 is 0.878 bits per heavy atom. The van der Waals surface area contributed by atoms with Crippen LogP contribution in [0.15, 0.2) is 40.5 Å². The number of nitrogens with zero attached hydrogens (tertiary/aromatic N) is 4. The molecule has 3 rings (SSSR count). The number of fused-ring (bicyclic) bond motifs is 1. The molecule has 0 radical (unpaired) electrons. The molecule has 0 saturated carbocycles. The topological polar surface area (TPSA) is 235 Å². The van der Waals surface area contributed by atoms with Crippen LogP contribution in [0.25, 0.3) is 11.2 Å². The van der Waals surface area contributed by atoms with E-state index in [1.54, 1.807) is 19.2 Å². The van der Waals surface area contributed by atoms with Crippen molar-refractivity contribution in [1.29, 1.82) is 0 Å². The van der Waals surface area contributed by atoms with Crippen molar-refractivity contribution in [2.75, 3.05) is 46.2 Å². The fraction of sp³-hybridized carbons (Fsp3) is 0.552. The van der Waals surface area contributed by atoms with Gasteiger partial charge in [-0.25, -0.2) is 19.6 Å². The first-order chi connectivity index (χ1) is 22.8. The van der Waals surface area contributed by atoms with Crippen LogP contribution in [-0.4, -0.2) is 87.8 Å². The second-order valence-corrected chi connectivity index (χ2v) is 15.4. The number of carbonyl (C=O) groups is 2. The van der Waals surface area contributed by atoms with Gasteiger partial charge < -0.3 is 48.5 Å². The first-order valence-corrected chi connectivity index (χ1v) is 17.1. The summed E-state index contributed by atoms with van der Waals surface area (Å²) in [6.07, 6.45) is -0.951. The second-order valence-electron chi connectivity index (χ2n) is 12.7. The summed E-state index contributed by atoms with van der Waals surface area (Å²) in [7, 11) is -3.98. The Morgan fingerprint density at radius 2 is 1.43 bits per heavy atom. The summed E-state index contributed by atoms with van der Waals surface area (Å²) in [5.74, 6) is 0.632. The lowest BCUT2D eigenvalue weighted by atomic mass is 9.99. The number of nitrogen functional groups attached to an aromatic ring is 1. The molecule has 0 unspecified atom stereocenters. The van der Waals surface area contributed by atoms with Crippen molar-refractivity contribution in [3.05, 3.63) is 30.6 Å². The van der Waals surface area contributed by atoms with E-state index in [1.165, 1.54) is 22.7 Å². The van der Waals surface area contributed by atoms with Crippen LogP contribution >= 0.6 is 19.4 Å². The molecule has 1 aromatic carbocycles. The van der Waals surface area contributed by atoms with Crippen LogP contribution in [0.1, 0.15) is 41.5 Å². The molecule has 0 atom stereocenters. The maximum absolute atomic E-state index is 12.7. The van der Waals surface area contributed by atoms with Gasteiger partial charge in [0, 0.05) is 11.4 Å². The normalized spacial score (nSPS) is 12.5. The highest BCUT2D eigenvalue weighted by Gasteiger charge is 2.53. The average molecular weight is 732 g/mol. The third-order valence-electron chi connectivity index (χ3n) is 5.78. The van der Waals surface area contributed by atoms with Crippen LogP contribution in [-0.2, 0) is 44.3 Å². The van der Waals surface area contributed by atoms with E-state index in [0.29, 0.717) is 21.9 Å². The van der Waals surface area contributed by atoms with Gasteiger partial charge in [0.25, 0.3) is 0 Å². The van der Waals surface area contributed by atoms with E-state index in [1.807, 2.05) is 53.7 Å². The summed E-state index contributed by atoms with van der Waals surface area (Å²) < 4.78 is 54.8. The first kappa shape index (κ1) is 39.7. The molecule has 0 saturated heterocycles. The van der Waals surface area contributed by atoms with Gasteiger partial charge in [-0.3, -0.25) is 14.0 Å². The lowest BCUT2D eigenvalue weighted by Crippen LogP contribution is -2.42. The van der Waals surface area contributed by atoms with Crippen molar-refractivity contribution in [2.24, 2.45) is 10.8 Å². The monoisotopic (exact) mass is 731 g/mol. The van der Waals surface area contributed by atoms with E-state index in [2.05, 4.69) is 15.0 Å². The van der Waals surface area contributed by atoms with Gasteiger partial charge in [0.05, 0.1) is 33.3 Å². The molecule has 0 fully saturated rings. The minimum Gasteiger partial charge on any atom is -0.497 e. The second kappa shape index (κ2) is 16.8. The van der Waals surface area contributed by atoms with Gasteiger partial charge in [0.1, 0.15) is 16.3 Å². The van der Waals surface area contributed by atoms with Crippen molar-refractivity contribution < 1.29 is 61.8 Å². The van der Waals surface area contributed by atoms with Crippen molar-refractivity contribution >= 4 is 48.8 Å².